The Morgan fingerprint density at radius 1 is 1.43 bits per heavy atom. The van der Waals surface area contributed by atoms with Crippen molar-refractivity contribution in [3.63, 3.8) is 0 Å². The number of halogens is 4. The molecule has 9 heteroatoms. The molecule has 0 saturated carbocycles. The van der Waals surface area contributed by atoms with E-state index in [0.29, 0.717) is 0 Å². The Hall–Kier alpha value is -1.83. The smallest absolute Gasteiger partial charge is 0.406 e. The molecule has 1 aliphatic rings. The first-order chi connectivity index (χ1) is 9.67. The number of aliphatic carboxylic acids is 1. The third-order valence-electron chi connectivity index (χ3n) is 3.45. The van der Waals surface area contributed by atoms with E-state index in [4.69, 9.17) is 16.7 Å². The van der Waals surface area contributed by atoms with Crippen LogP contribution >= 0.6 is 11.6 Å². The van der Waals surface area contributed by atoms with Gasteiger partial charge in [0.15, 0.2) is 5.41 Å². The molecule has 1 aromatic rings. The van der Waals surface area contributed by atoms with Gasteiger partial charge in [-0.05, 0) is 18.6 Å². The minimum Gasteiger partial charge on any atom is -0.481 e. The van der Waals surface area contributed by atoms with E-state index in [9.17, 15) is 22.8 Å². The molecule has 1 N–H and O–H groups in total. The molecule has 1 aromatic heterocycles. The molecule has 0 bridgehead atoms. The number of amides is 1. The standard InChI is InChI=1S/C12H10ClF3N2O3/c13-7-1-3-17-8(5-7)9(19)18-4-2-11(6-18,10(20)21)12(14,15)16/h1,3,5H,2,4,6H2,(H,20,21). The number of rotatable bonds is 2. The van der Waals surface area contributed by atoms with Crippen LogP contribution in [0.15, 0.2) is 18.3 Å². The zero-order valence-electron chi connectivity index (χ0n) is 10.5. The Morgan fingerprint density at radius 2 is 2.10 bits per heavy atom. The number of carbonyl (C=O) groups is 2. The summed E-state index contributed by atoms with van der Waals surface area (Å²) < 4.78 is 39.0. The van der Waals surface area contributed by atoms with E-state index in [1.165, 1.54) is 18.3 Å². The number of aromatic nitrogens is 1. The second-order valence-corrected chi connectivity index (χ2v) is 5.16. The van der Waals surface area contributed by atoms with Gasteiger partial charge in [-0.15, -0.1) is 0 Å². The lowest BCUT2D eigenvalue weighted by Crippen LogP contribution is -2.47. The fourth-order valence-electron chi connectivity index (χ4n) is 2.19. The van der Waals surface area contributed by atoms with Crippen LogP contribution < -0.4 is 0 Å². The third-order valence-corrected chi connectivity index (χ3v) is 3.68. The fraction of sp³-hybridized carbons (Fsp3) is 0.417. The molecular formula is C12H10ClF3N2O3. The highest BCUT2D eigenvalue weighted by atomic mass is 35.5. The van der Waals surface area contributed by atoms with Crippen molar-refractivity contribution >= 4 is 23.5 Å². The van der Waals surface area contributed by atoms with Crippen molar-refractivity contribution in [2.24, 2.45) is 5.41 Å². The van der Waals surface area contributed by atoms with Crippen molar-refractivity contribution in [3.05, 3.63) is 29.0 Å². The summed E-state index contributed by atoms with van der Waals surface area (Å²) in [6.07, 6.45) is -4.37. The zero-order valence-corrected chi connectivity index (χ0v) is 11.3. The predicted octanol–water partition coefficient (Wildman–Crippen LogP) is 2.21. The molecule has 114 valence electrons. The quantitative estimate of drug-likeness (QED) is 0.906. The van der Waals surface area contributed by atoms with E-state index in [1.807, 2.05) is 0 Å². The second kappa shape index (κ2) is 5.18. The first kappa shape index (κ1) is 15.6. The summed E-state index contributed by atoms with van der Waals surface area (Å²) in [6, 6.07) is 2.64. The van der Waals surface area contributed by atoms with Gasteiger partial charge >= 0.3 is 12.1 Å². The van der Waals surface area contributed by atoms with Gasteiger partial charge in [0.2, 0.25) is 0 Å². The summed E-state index contributed by atoms with van der Waals surface area (Å²) in [5.74, 6) is -2.76. The molecule has 21 heavy (non-hydrogen) atoms. The highest BCUT2D eigenvalue weighted by molar-refractivity contribution is 6.30. The largest absolute Gasteiger partial charge is 0.481 e. The lowest BCUT2D eigenvalue weighted by molar-refractivity contribution is -0.227. The Kier molecular flexibility index (Phi) is 3.83. The van der Waals surface area contributed by atoms with E-state index in [1.54, 1.807) is 0 Å². The number of carboxylic acid groups (broad SMARTS) is 1. The van der Waals surface area contributed by atoms with Crippen molar-refractivity contribution in [3.8, 4) is 0 Å². The van der Waals surface area contributed by atoms with Crippen molar-refractivity contribution in [2.45, 2.75) is 12.6 Å². The van der Waals surface area contributed by atoms with Gasteiger partial charge in [0.1, 0.15) is 5.69 Å². The maximum absolute atomic E-state index is 13.0. The molecule has 1 saturated heterocycles. The van der Waals surface area contributed by atoms with Gasteiger partial charge in [-0.1, -0.05) is 11.6 Å². The maximum Gasteiger partial charge on any atom is 0.406 e. The van der Waals surface area contributed by atoms with Crippen LogP contribution in [0.25, 0.3) is 0 Å². The van der Waals surface area contributed by atoms with Crippen molar-refractivity contribution < 1.29 is 27.9 Å². The first-order valence-corrected chi connectivity index (χ1v) is 6.26. The molecule has 0 spiro atoms. The van der Waals surface area contributed by atoms with Crippen LogP contribution in [-0.2, 0) is 4.79 Å². The number of carbonyl (C=O) groups excluding carboxylic acids is 1. The topological polar surface area (TPSA) is 70.5 Å². The van der Waals surface area contributed by atoms with E-state index in [0.717, 1.165) is 4.90 Å². The lowest BCUT2D eigenvalue weighted by atomic mass is 9.86. The summed E-state index contributed by atoms with van der Waals surface area (Å²) in [5, 5.41) is 9.13. The molecule has 0 aliphatic carbocycles. The predicted molar refractivity (Wildman–Crippen MR) is 65.9 cm³/mol. The number of pyridine rings is 1. The fourth-order valence-corrected chi connectivity index (χ4v) is 2.35. The number of carboxylic acids is 1. The normalized spacial score (nSPS) is 22.4. The third kappa shape index (κ3) is 2.67. The summed E-state index contributed by atoms with van der Waals surface area (Å²) in [4.78, 5) is 27.7. The van der Waals surface area contributed by atoms with Gasteiger partial charge in [-0.2, -0.15) is 13.2 Å². The molecule has 1 amide bonds. The van der Waals surface area contributed by atoms with Crippen LogP contribution in [0, 0.1) is 5.41 Å². The Bertz CT molecular complexity index is 593. The van der Waals surface area contributed by atoms with E-state index in [-0.39, 0.29) is 17.3 Å². The van der Waals surface area contributed by atoms with Gasteiger partial charge in [0.25, 0.3) is 5.91 Å². The van der Waals surface area contributed by atoms with E-state index in [2.05, 4.69) is 4.98 Å². The van der Waals surface area contributed by atoms with E-state index < -0.39 is 36.4 Å². The number of hydrogen-bond acceptors (Lipinski definition) is 3. The zero-order chi connectivity index (χ0) is 15.8. The Morgan fingerprint density at radius 3 is 2.57 bits per heavy atom. The minimum absolute atomic E-state index is 0.120. The SMILES string of the molecule is O=C(c1cc(Cl)ccn1)N1CCC(C(=O)O)(C(F)(F)F)C1. The van der Waals surface area contributed by atoms with Crippen LogP contribution in [0.5, 0.6) is 0 Å². The van der Waals surface area contributed by atoms with Crippen LogP contribution in [-0.4, -0.2) is 46.1 Å². The van der Waals surface area contributed by atoms with Crippen molar-refractivity contribution in [1.29, 1.82) is 0 Å². The van der Waals surface area contributed by atoms with Gasteiger partial charge < -0.3 is 10.0 Å². The van der Waals surface area contributed by atoms with Crippen molar-refractivity contribution in [2.75, 3.05) is 13.1 Å². The number of hydrogen-bond donors (Lipinski definition) is 1. The maximum atomic E-state index is 13.0. The Balaban J connectivity index is 2.26. The molecule has 1 atom stereocenters. The molecular weight excluding hydrogens is 313 g/mol. The summed E-state index contributed by atoms with van der Waals surface area (Å²) >= 11 is 5.69. The average Bonchev–Trinajstić information content (AvgIpc) is 2.83. The first-order valence-electron chi connectivity index (χ1n) is 5.88. The van der Waals surface area contributed by atoms with Gasteiger partial charge in [0, 0.05) is 24.3 Å². The highest BCUT2D eigenvalue weighted by Gasteiger charge is 2.64. The van der Waals surface area contributed by atoms with Crippen LogP contribution in [0.1, 0.15) is 16.9 Å². The molecule has 0 aromatic carbocycles. The molecule has 5 nitrogen and oxygen atoms in total. The molecule has 1 aliphatic heterocycles. The number of likely N-dealkylation sites (tertiary alicyclic amines) is 1. The van der Waals surface area contributed by atoms with Gasteiger partial charge in [-0.3, -0.25) is 14.6 Å². The molecule has 1 unspecified atom stereocenters. The van der Waals surface area contributed by atoms with Gasteiger partial charge in [-0.25, -0.2) is 0 Å². The monoisotopic (exact) mass is 322 g/mol. The molecule has 2 rings (SSSR count). The van der Waals surface area contributed by atoms with Crippen LogP contribution in [0.2, 0.25) is 5.02 Å². The number of alkyl halides is 3. The lowest BCUT2D eigenvalue weighted by Gasteiger charge is -2.27. The molecule has 0 radical (unpaired) electrons. The minimum atomic E-state index is -4.93. The number of nitrogens with zero attached hydrogens (tertiary/aromatic N) is 2. The molecule has 2 heterocycles. The highest BCUT2D eigenvalue weighted by Crippen LogP contribution is 2.45. The van der Waals surface area contributed by atoms with Gasteiger partial charge in [0.05, 0.1) is 0 Å². The summed E-state index contributed by atoms with van der Waals surface area (Å²) in [5.41, 5.74) is -3.05. The van der Waals surface area contributed by atoms with Crippen LogP contribution in [0.3, 0.4) is 0 Å². The second-order valence-electron chi connectivity index (χ2n) is 4.72. The van der Waals surface area contributed by atoms with Crippen LogP contribution in [0.4, 0.5) is 13.2 Å². The molecule has 1 fully saturated rings. The van der Waals surface area contributed by atoms with E-state index >= 15 is 0 Å². The Labute approximate surface area is 122 Å². The average molecular weight is 323 g/mol. The summed E-state index contributed by atoms with van der Waals surface area (Å²) in [6.45, 7) is -1.24. The van der Waals surface area contributed by atoms with Crippen molar-refractivity contribution in [1.82, 2.24) is 9.88 Å². The summed E-state index contributed by atoms with van der Waals surface area (Å²) in [7, 11) is 0.